The molecule has 4 atom stereocenters. The lowest BCUT2D eigenvalue weighted by Gasteiger charge is -2.28. The van der Waals surface area contributed by atoms with E-state index in [-0.39, 0.29) is 43.9 Å². The van der Waals surface area contributed by atoms with Gasteiger partial charge in [0.15, 0.2) is 0 Å². The number of hydrogen-bond donors (Lipinski definition) is 8. The second-order valence-corrected chi connectivity index (χ2v) is 14.9. The molecule has 0 spiro atoms. The van der Waals surface area contributed by atoms with E-state index in [0.29, 0.717) is 10.6 Å². The number of benzene rings is 2. The van der Waals surface area contributed by atoms with Crippen molar-refractivity contribution in [1.82, 2.24) is 20.3 Å². The zero-order chi connectivity index (χ0) is 37.3. The number of rotatable bonds is 21. The first-order valence-corrected chi connectivity index (χ1v) is 18.8. The van der Waals surface area contributed by atoms with Crippen molar-refractivity contribution in [3.63, 3.8) is 0 Å². The van der Waals surface area contributed by atoms with E-state index >= 15 is 0 Å². The van der Waals surface area contributed by atoms with Gasteiger partial charge in [0.1, 0.15) is 24.1 Å². The molecule has 284 valence electrons. The van der Waals surface area contributed by atoms with Crippen LogP contribution in [0.2, 0.25) is 5.02 Å². The smallest absolute Gasteiger partial charge is 0.315 e. The molecule has 8 N–H and O–H groups in total. The number of hydrogen-bond acceptors (Lipinski definition) is 12. The van der Waals surface area contributed by atoms with E-state index in [1.807, 2.05) is 36.5 Å². The average Bonchev–Trinajstić information content (AvgIpc) is 4.10. The number of carbonyl (C=O) groups excluding carboxylic acids is 1. The van der Waals surface area contributed by atoms with Crippen LogP contribution in [-0.4, -0.2) is 115 Å². The molecule has 0 bridgehead atoms. The van der Waals surface area contributed by atoms with E-state index in [1.165, 1.54) is 18.2 Å². The van der Waals surface area contributed by atoms with E-state index in [4.69, 9.17) is 30.9 Å². The lowest BCUT2D eigenvalue weighted by molar-refractivity contribution is -0.0902. The predicted octanol–water partition coefficient (Wildman–Crippen LogP) is 1.18. The van der Waals surface area contributed by atoms with E-state index in [1.54, 1.807) is 6.20 Å². The summed E-state index contributed by atoms with van der Waals surface area (Å²) in [7, 11) is -3.94. The van der Waals surface area contributed by atoms with Crippen LogP contribution in [0.1, 0.15) is 36.8 Å². The van der Waals surface area contributed by atoms with Crippen LogP contribution in [0.4, 0.5) is 4.79 Å². The van der Waals surface area contributed by atoms with E-state index < -0.39 is 59.2 Å². The molecular weight excluding hydrogens is 720 g/mol. The Balaban J connectivity index is 1.09. The zero-order valence-electron chi connectivity index (χ0n) is 28.4. The third-order valence-corrected chi connectivity index (χ3v) is 10.6. The Hall–Kier alpha value is -3.42. The lowest BCUT2D eigenvalue weighted by atomic mass is 9.96. The van der Waals surface area contributed by atoms with Crippen molar-refractivity contribution in [3.8, 4) is 16.9 Å². The van der Waals surface area contributed by atoms with Crippen molar-refractivity contribution in [3.05, 3.63) is 77.1 Å². The van der Waals surface area contributed by atoms with E-state index in [9.17, 15) is 33.6 Å². The first-order valence-electron chi connectivity index (χ1n) is 17.0. The van der Waals surface area contributed by atoms with Crippen LogP contribution in [-0.2, 0) is 31.7 Å². The molecule has 17 heteroatoms. The normalized spacial score (nSPS) is 17.5. The highest BCUT2D eigenvalue weighted by atomic mass is 35.5. The molecule has 1 aromatic heterocycles. The molecule has 0 unspecified atom stereocenters. The summed E-state index contributed by atoms with van der Waals surface area (Å²) in [5.74, 6) is 0.816. The summed E-state index contributed by atoms with van der Waals surface area (Å²) < 4.78 is 46.7. The number of ether oxygens (including phenoxy) is 3. The van der Waals surface area contributed by atoms with Crippen LogP contribution >= 0.6 is 11.6 Å². The quantitative estimate of drug-likeness (QED) is 0.0716. The summed E-state index contributed by atoms with van der Waals surface area (Å²) >= 11 is 6.49. The monoisotopic (exact) mass is 764 g/mol. The number of halogens is 1. The van der Waals surface area contributed by atoms with Gasteiger partial charge in [-0.05, 0) is 67.1 Å². The van der Waals surface area contributed by atoms with Crippen LogP contribution in [0, 0.1) is 0 Å². The molecule has 0 radical (unpaired) electrons. The Kier molecular flexibility index (Phi) is 13.8. The van der Waals surface area contributed by atoms with Crippen LogP contribution < -0.4 is 20.1 Å². The molecule has 0 saturated heterocycles. The Morgan fingerprint density at radius 1 is 0.981 bits per heavy atom. The fourth-order valence-electron chi connectivity index (χ4n) is 5.50. The summed E-state index contributed by atoms with van der Waals surface area (Å²) in [6.45, 7) is -1.57. The number of nitrogens with one attached hydrogen (secondary N) is 3. The average molecular weight is 765 g/mol. The molecule has 5 rings (SSSR count). The molecule has 52 heavy (non-hydrogen) atoms. The molecule has 2 fully saturated rings. The van der Waals surface area contributed by atoms with Crippen LogP contribution in [0.5, 0.6) is 5.75 Å². The second-order valence-electron chi connectivity index (χ2n) is 12.7. The topological polar surface area (TPSA) is 229 Å². The van der Waals surface area contributed by atoms with Gasteiger partial charge in [-0.1, -0.05) is 29.8 Å². The number of sulfonamides is 1. The van der Waals surface area contributed by atoms with Gasteiger partial charge >= 0.3 is 6.03 Å². The number of urea groups is 1. The number of para-hydroxylation sites is 1. The minimum absolute atomic E-state index is 0.00201. The van der Waals surface area contributed by atoms with Gasteiger partial charge < -0.3 is 50.4 Å². The fraction of sp³-hybridized carbons (Fsp3) is 0.486. The van der Waals surface area contributed by atoms with Crippen LogP contribution in [0.3, 0.4) is 0 Å². The number of carbonyl (C=O) groups is 1. The summed E-state index contributed by atoms with van der Waals surface area (Å²) in [4.78, 5) is 16.5. The Labute approximate surface area is 307 Å². The van der Waals surface area contributed by atoms with Gasteiger partial charge in [0.25, 0.3) is 0 Å². The van der Waals surface area contributed by atoms with Gasteiger partial charge in [-0.3, -0.25) is 4.98 Å². The first kappa shape index (κ1) is 39.8. The highest BCUT2D eigenvalue weighted by molar-refractivity contribution is 7.89. The molecule has 15 nitrogen and oxygen atoms in total. The number of pyridine rings is 1. The largest absolute Gasteiger partial charge is 0.490 e. The van der Waals surface area contributed by atoms with E-state index in [0.717, 1.165) is 48.1 Å². The fourth-order valence-corrected chi connectivity index (χ4v) is 6.74. The summed E-state index contributed by atoms with van der Waals surface area (Å²) in [5, 5.41) is 52.6. The van der Waals surface area contributed by atoms with Crippen molar-refractivity contribution in [2.24, 2.45) is 0 Å². The molecule has 2 aliphatic carbocycles. The molecule has 2 aliphatic rings. The van der Waals surface area contributed by atoms with Gasteiger partial charge in [0, 0.05) is 41.6 Å². The molecule has 2 aromatic carbocycles. The molecule has 1 heterocycles. The highest BCUT2D eigenvalue weighted by Crippen LogP contribution is 2.53. The van der Waals surface area contributed by atoms with Crippen molar-refractivity contribution < 1.29 is 53.0 Å². The van der Waals surface area contributed by atoms with Crippen molar-refractivity contribution >= 4 is 27.7 Å². The third kappa shape index (κ3) is 10.4. The number of aliphatic hydroxyl groups is 5. The number of aliphatic hydroxyl groups excluding tert-OH is 5. The van der Waals surface area contributed by atoms with Crippen molar-refractivity contribution in [2.45, 2.75) is 73.2 Å². The SMILES string of the molecule is O=C(NCCOCCNS(=O)(=O)c1ccc(Cl)c(COC2(c3cnccc3-c3ccccc3OC3CC3)CC2)c1)N[C@@H](CO)[C@@H](O)[C@H](O)[C@H](O)CO. The van der Waals surface area contributed by atoms with Gasteiger partial charge in [0.2, 0.25) is 10.0 Å². The molecular formula is C35H45ClN4O11S. The maximum atomic E-state index is 13.1. The van der Waals surface area contributed by atoms with E-state index in [2.05, 4.69) is 20.3 Å². The second kappa shape index (κ2) is 18.1. The minimum Gasteiger partial charge on any atom is -0.490 e. The maximum Gasteiger partial charge on any atom is 0.315 e. The summed E-state index contributed by atoms with van der Waals surface area (Å²) in [6.07, 6.45) is 2.20. The Bertz CT molecular complexity index is 1760. The predicted molar refractivity (Wildman–Crippen MR) is 189 cm³/mol. The highest BCUT2D eigenvalue weighted by Gasteiger charge is 2.48. The minimum atomic E-state index is -3.94. The molecule has 0 aliphatic heterocycles. The molecule has 3 aromatic rings. The number of nitrogens with zero attached hydrogens (tertiary/aromatic N) is 1. The summed E-state index contributed by atoms with van der Waals surface area (Å²) in [6, 6.07) is 12.2. The maximum absolute atomic E-state index is 13.1. The Morgan fingerprint density at radius 3 is 2.44 bits per heavy atom. The van der Waals surface area contributed by atoms with Crippen LogP contribution in [0.25, 0.3) is 11.1 Å². The van der Waals surface area contributed by atoms with Gasteiger partial charge in [-0.25, -0.2) is 17.9 Å². The molecule has 2 saturated carbocycles. The number of amides is 2. The van der Waals surface area contributed by atoms with Gasteiger partial charge in [-0.2, -0.15) is 0 Å². The van der Waals surface area contributed by atoms with Gasteiger partial charge in [0.05, 0.1) is 55.7 Å². The van der Waals surface area contributed by atoms with Gasteiger partial charge in [-0.15, -0.1) is 0 Å². The van der Waals surface area contributed by atoms with Crippen LogP contribution in [0.15, 0.2) is 65.8 Å². The Morgan fingerprint density at radius 2 is 1.73 bits per heavy atom. The lowest BCUT2D eigenvalue weighted by Crippen LogP contribution is -2.56. The standard InChI is InChI=1S/C35H45ClN4O11S/c36-28-8-7-24(52(47,48)39-14-16-49-15-13-38-34(46)40-29(19-41)32(44)33(45)30(43)20-42)17-22(28)21-50-35(10-11-35)27-18-37-12-9-25(27)26-3-1-2-4-31(26)51-23-5-6-23/h1-4,7-9,12,17-18,23,29-30,32-33,39,41-45H,5-6,10-11,13-16,19-21H2,(H2,38,40,46)/t29-,30+,32+,33+/m0/s1. The third-order valence-electron chi connectivity index (χ3n) is 8.77. The number of aromatic nitrogens is 1. The summed E-state index contributed by atoms with van der Waals surface area (Å²) in [5.41, 5.74) is 2.77. The van der Waals surface area contributed by atoms with Crippen molar-refractivity contribution in [2.75, 3.05) is 39.5 Å². The first-order chi connectivity index (χ1) is 25.0. The van der Waals surface area contributed by atoms with Crippen molar-refractivity contribution in [1.29, 1.82) is 0 Å². The zero-order valence-corrected chi connectivity index (χ0v) is 29.9. The molecule has 2 amide bonds.